The first-order valence-corrected chi connectivity index (χ1v) is 24.5. The number of unbranched alkanes of at least 4 members (excludes halogenated alkanes) is 34. The van der Waals surface area contributed by atoms with Crippen molar-refractivity contribution >= 4 is 11.9 Å². The van der Waals surface area contributed by atoms with Gasteiger partial charge in [-0.25, -0.2) is 0 Å². The predicted octanol–water partition coefficient (Wildman–Crippen LogP) is 14.2. The molecule has 326 valence electrons. The molecule has 0 rings (SSSR count). The lowest BCUT2D eigenvalue weighted by Crippen LogP contribution is -2.45. The minimum Gasteiger partial charge on any atom is -0.466 e. The summed E-state index contributed by atoms with van der Waals surface area (Å²) < 4.78 is 5.45. The summed E-state index contributed by atoms with van der Waals surface area (Å²) in [6.07, 6.45) is 50.5. The van der Waals surface area contributed by atoms with Gasteiger partial charge in [0.2, 0.25) is 5.91 Å². The van der Waals surface area contributed by atoms with Crippen molar-refractivity contribution in [3.05, 3.63) is 12.2 Å². The quantitative estimate of drug-likeness (QED) is 0.0325. The fourth-order valence-electron chi connectivity index (χ4n) is 7.51. The number of carbonyl (C=O) groups is 2. The first-order valence-electron chi connectivity index (χ1n) is 24.5. The number of allylic oxidation sites excluding steroid dienone is 1. The van der Waals surface area contributed by atoms with E-state index in [9.17, 15) is 19.8 Å². The Labute approximate surface area is 342 Å². The van der Waals surface area contributed by atoms with E-state index in [0.717, 1.165) is 57.8 Å². The van der Waals surface area contributed by atoms with Gasteiger partial charge in [-0.3, -0.25) is 9.59 Å². The number of esters is 1. The van der Waals surface area contributed by atoms with Crippen LogP contribution in [0.4, 0.5) is 0 Å². The monoisotopic (exact) mass is 778 g/mol. The number of ether oxygens (including phenoxy) is 1. The molecular formula is C49H95NO5. The van der Waals surface area contributed by atoms with Gasteiger partial charge in [0, 0.05) is 12.8 Å². The molecule has 0 aromatic heterocycles. The smallest absolute Gasteiger partial charge is 0.305 e. The van der Waals surface area contributed by atoms with Crippen molar-refractivity contribution in [3.63, 3.8) is 0 Å². The van der Waals surface area contributed by atoms with Crippen LogP contribution in [0.3, 0.4) is 0 Å². The number of hydrogen-bond donors (Lipinski definition) is 3. The summed E-state index contributed by atoms with van der Waals surface area (Å²) in [5.74, 6) is -0.0998. The third kappa shape index (κ3) is 42.0. The Morgan fingerprint density at radius 3 is 1.24 bits per heavy atom. The van der Waals surface area contributed by atoms with Crippen LogP contribution >= 0.6 is 0 Å². The Bertz CT molecular complexity index is 817. The lowest BCUT2D eigenvalue weighted by Gasteiger charge is -2.20. The van der Waals surface area contributed by atoms with Gasteiger partial charge in [-0.2, -0.15) is 0 Å². The third-order valence-corrected chi connectivity index (χ3v) is 11.3. The molecule has 6 nitrogen and oxygen atoms in total. The molecule has 0 aromatic carbocycles. The molecule has 0 radical (unpaired) electrons. The normalized spacial score (nSPS) is 12.7. The number of amides is 1. The van der Waals surface area contributed by atoms with Gasteiger partial charge in [-0.15, -0.1) is 0 Å². The van der Waals surface area contributed by atoms with Gasteiger partial charge in [0.05, 0.1) is 25.4 Å². The summed E-state index contributed by atoms with van der Waals surface area (Å²) in [6, 6.07) is -0.639. The Morgan fingerprint density at radius 1 is 0.491 bits per heavy atom. The van der Waals surface area contributed by atoms with Gasteiger partial charge < -0.3 is 20.3 Å². The molecule has 0 aliphatic rings. The minimum atomic E-state index is -0.854. The molecular weight excluding hydrogens is 683 g/mol. The average Bonchev–Trinajstić information content (AvgIpc) is 3.18. The van der Waals surface area contributed by atoms with E-state index >= 15 is 0 Å². The van der Waals surface area contributed by atoms with E-state index in [2.05, 4.69) is 19.2 Å². The number of aliphatic hydroxyl groups excluding tert-OH is 2. The summed E-state index contributed by atoms with van der Waals surface area (Å²) >= 11 is 0. The second-order valence-corrected chi connectivity index (χ2v) is 16.8. The van der Waals surface area contributed by atoms with E-state index < -0.39 is 12.1 Å². The van der Waals surface area contributed by atoms with E-state index in [1.807, 2.05) is 6.08 Å². The van der Waals surface area contributed by atoms with Gasteiger partial charge in [0.25, 0.3) is 0 Å². The fourth-order valence-corrected chi connectivity index (χ4v) is 7.51. The maximum absolute atomic E-state index is 12.4. The summed E-state index contributed by atoms with van der Waals surface area (Å²) in [4.78, 5) is 24.4. The lowest BCUT2D eigenvalue weighted by molar-refractivity contribution is -0.143. The van der Waals surface area contributed by atoms with Crippen molar-refractivity contribution in [1.82, 2.24) is 5.32 Å². The van der Waals surface area contributed by atoms with Gasteiger partial charge in [-0.1, -0.05) is 231 Å². The van der Waals surface area contributed by atoms with E-state index in [1.165, 1.54) is 180 Å². The Balaban J connectivity index is 3.49. The van der Waals surface area contributed by atoms with E-state index in [-0.39, 0.29) is 18.5 Å². The topological polar surface area (TPSA) is 95.9 Å². The standard InChI is InChI=1S/C49H95NO5/c1-3-5-7-9-11-13-15-17-19-23-27-31-35-39-43-49(54)55-44-40-36-32-28-24-20-22-26-30-34-38-42-48(53)50-46(45-51)47(52)41-37-33-29-25-21-18-16-14-12-10-8-6-4-2/h37,41,46-47,51-52H,3-36,38-40,42-45H2,1-2H3,(H,50,53)/b41-37+. The molecule has 0 saturated carbocycles. The number of nitrogens with one attached hydrogen (secondary N) is 1. The molecule has 2 unspecified atom stereocenters. The molecule has 3 N–H and O–H groups in total. The summed E-state index contributed by atoms with van der Waals surface area (Å²) in [5.41, 5.74) is 0. The molecule has 6 heteroatoms. The lowest BCUT2D eigenvalue weighted by atomic mass is 10.0. The second kappa shape index (κ2) is 45.3. The van der Waals surface area contributed by atoms with Crippen LogP contribution in [0.5, 0.6) is 0 Å². The van der Waals surface area contributed by atoms with Crippen molar-refractivity contribution in [3.8, 4) is 0 Å². The van der Waals surface area contributed by atoms with Crippen LogP contribution in [0, 0.1) is 0 Å². The zero-order valence-corrected chi connectivity index (χ0v) is 36.9. The van der Waals surface area contributed by atoms with Crippen molar-refractivity contribution in [2.45, 2.75) is 276 Å². The molecule has 0 heterocycles. The highest BCUT2D eigenvalue weighted by Crippen LogP contribution is 2.16. The summed E-state index contributed by atoms with van der Waals surface area (Å²) in [7, 11) is 0. The van der Waals surface area contributed by atoms with Crippen LogP contribution in [0.15, 0.2) is 12.2 Å². The van der Waals surface area contributed by atoms with Crippen molar-refractivity contribution in [1.29, 1.82) is 0 Å². The molecule has 2 atom stereocenters. The van der Waals surface area contributed by atoms with Crippen LogP contribution in [-0.2, 0) is 14.3 Å². The largest absolute Gasteiger partial charge is 0.466 e. The van der Waals surface area contributed by atoms with Crippen LogP contribution in [0.25, 0.3) is 0 Å². The Kier molecular flexibility index (Phi) is 44.2. The summed E-state index contributed by atoms with van der Waals surface area (Å²) in [6.45, 7) is 4.86. The van der Waals surface area contributed by atoms with E-state index in [0.29, 0.717) is 19.4 Å². The average molecular weight is 778 g/mol. The van der Waals surface area contributed by atoms with Gasteiger partial charge in [-0.05, 0) is 32.1 Å². The molecule has 55 heavy (non-hydrogen) atoms. The van der Waals surface area contributed by atoms with Crippen molar-refractivity contribution in [2.24, 2.45) is 0 Å². The molecule has 0 spiro atoms. The van der Waals surface area contributed by atoms with E-state index in [4.69, 9.17) is 4.74 Å². The van der Waals surface area contributed by atoms with Gasteiger partial charge in [0.1, 0.15) is 0 Å². The van der Waals surface area contributed by atoms with E-state index in [1.54, 1.807) is 6.08 Å². The highest BCUT2D eigenvalue weighted by molar-refractivity contribution is 5.76. The number of rotatable bonds is 45. The number of carbonyl (C=O) groups excluding carboxylic acids is 2. The molecule has 0 fully saturated rings. The molecule has 0 saturated heterocycles. The van der Waals surface area contributed by atoms with Gasteiger partial charge >= 0.3 is 5.97 Å². The first kappa shape index (κ1) is 53.6. The van der Waals surface area contributed by atoms with Crippen LogP contribution in [-0.4, -0.2) is 47.4 Å². The maximum Gasteiger partial charge on any atom is 0.305 e. The zero-order chi connectivity index (χ0) is 40.1. The van der Waals surface area contributed by atoms with Crippen molar-refractivity contribution in [2.75, 3.05) is 13.2 Å². The SMILES string of the molecule is CCCCCCCCCCCCC/C=C/C(O)C(CO)NC(=O)CCCCCCCCCCCCCOC(=O)CCCCCCCCCCCCCCCC. The second-order valence-electron chi connectivity index (χ2n) is 16.8. The fraction of sp³-hybridized carbons (Fsp3) is 0.918. The van der Waals surface area contributed by atoms with Gasteiger partial charge in [0.15, 0.2) is 0 Å². The highest BCUT2D eigenvalue weighted by atomic mass is 16.5. The Hall–Kier alpha value is -1.40. The van der Waals surface area contributed by atoms with Crippen LogP contribution in [0.1, 0.15) is 264 Å². The van der Waals surface area contributed by atoms with Crippen molar-refractivity contribution < 1.29 is 24.5 Å². The predicted molar refractivity (Wildman–Crippen MR) is 237 cm³/mol. The molecule has 1 amide bonds. The van der Waals surface area contributed by atoms with Crippen LogP contribution < -0.4 is 5.32 Å². The maximum atomic E-state index is 12.4. The summed E-state index contributed by atoms with van der Waals surface area (Å²) in [5, 5.41) is 23.0. The first-order chi connectivity index (χ1) is 27.0. The molecule has 0 aliphatic heterocycles. The zero-order valence-electron chi connectivity index (χ0n) is 36.9. The third-order valence-electron chi connectivity index (χ3n) is 11.3. The Morgan fingerprint density at radius 2 is 0.836 bits per heavy atom. The molecule has 0 aromatic rings. The number of hydrogen-bond acceptors (Lipinski definition) is 5. The van der Waals surface area contributed by atoms with Crippen LogP contribution in [0.2, 0.25) is 0 Å². The minimum absolute atomic E-state index is 0.0134. The molecule has 0 aliphatic carbocycles. The number of aliphatic hydroxyl groups is 2. The molecule has 0 bridgehead atoms. The highest BCUT2D eigenvalue weighted by Gasteiger charge is 2.18.